The van der Waals surface area contributed by atoms with Gasteiger partial charge in [-0.15, -0.1) is 5.10 Å². The number of nitrogens with zero attached hydrogens (tertiary/aromatic N) is 2. The third kappa shape index (κ3) is 3.44. The zero-order chi connectivity index (χ0) is 21.1. The van der Waals surface area contributed by atoms with Crippen LogP contribution >= 0.6 is 0 Å². The van der Waals surface area contributed by atoms with Gasteiger partial charge in [-0.1, -0.05) is 31.2 Å². The Balaban J connectivity index is 1.82. The molecule has 7 nitrogen and oxygen atoms in total. The fraction of sp³-hybridized carbons (Fsp3) is 0.217. The second-order valence-corrected chi connectivity index (χ2v) is 6.89. The molecule has 3 aromatic rings. The van der Waals surface area contributed by atoms with Crippen LogP contribution in [0.3, 0.4) is 0 Å². The summed E-state index contributed by atoms with van der Waals surface area (Å²) < 4.78 is 16.7. The molecule has 3 N–H and O–H groups in total. The van der Waals surface area contributed by atoms with Crippen LogP contribution in [0.25, 0.3) is 11.3 Å². The van der Waals surface area contributed by atoms with E-state index in [9.17, 15) is 5.26 Å². The van der Waals surface area contributed by atoms with Crippen molar-refractivity contribution in [3.8, 4) is 34.7 Å². The van der Waals surface area contributed by atoms with E-state index >= 15 is 0 Å². The molecule has 0 saturated carbocycles. The van der Waals surface area contributed by atoms with Crippen molar-refractivity contribution in [1.82, 2.24) is 10.2 Å². The first kappa shape index (κ1) is 19.4. The Hall–Kier alpha value is -3.92. The average molecular weight is 402 g/mol. The van der Waals surface area contributed by atoms with Crippen molar-refractivity contribution in [3.63, 3.8) is 0 Å². The zero-order valence-corrected chi connectivity index (χ0v) is 16.8. The van der Waals surface area contributed by atoms with Crippen molar-refractivity contribution in [2.75, 3.05) is 13.7 Å². The van der Waals surface area contributed by atoms with Gasteiger partial charge in [-0.25, -0.2) is 0 Å². The summed E-state index contributed by atoms with van der Waals surface area (Å²) in [5.41, 5.74) is 9.68. The Morgan fingerprint density at radius 1 is 1.20 bits per heavy atom. The summed E-state index contributed by atoms with van der Waals surface area (Å²) in [6, 6.07) is 17.5. The second-order valence-electron chi connectivity index (χ2n) is 6.89. The highest BCUT2D eigenvalue weighted by Crippen LogP contribution is 2.46. The lowest BCUT2D eigenvalue weighted by Gasteiger charge is -2.24. The van der Waals surface area contributed by atoms with E-state index in [-0.39, 0.29) is 5.88 Å². The van der Waals surface area contributed by atoms with Crippen LogP contribution in [0.5, 0.6) is 17.4 Å². The second kappa shape index (κ2) is 8.21. The summed E-state index contributed by atoms with van der Waals surface area (Å²) in [6.45, 7) is 2.71. The lowest BCUT2D eigenvalue weighted by molar-refractivity contribution is 0.317. The van der Waals surface area contributed by atoms with Crippen molar-refractivity contribution in [2.24, 2.45) is 5.73 Å². The number of rotatable bonds is 6. The van der Waals surface area contributed by atoms with Crippen LogP contribution in [-0.2, 0) is 0 Å². The average Bonchev–Trinajstić information content (AvgIpc) is 3.20. The van der Waals surface area contributed by atoms with Crippen LogP contribution in [0.1, 0.15) is 30.4 Å². The smallest absolute Gasteiger partial charge is 0.244 e. The third-order valence-corrected chi connectivity index (χ3v) is 4.98. The molecule has 0 bridgehead atoms. The van der Waals surface area contributed by atoms with Crippen molar-refractivity contribution in [2.45, 2.75) is 19.3 Å². The number of hydrogen-bond acceptors (Lipinski definition) is 6. The molecule has 0 amide bonds. The van der Waals surface area contributed by atoms with E-state index in [1.165, 1.54) is 0 Å². The number of H-pyrrole nitrogens is 1. The molecule has 2 aromatic carbocycles. The van der Waals surface area contributed by atoms with Crippen LogP contribution in [0, 0.1) is 11.3 Å². The Morgan fingerprint density at radius 3 is 2.70 bits per heavy atom. The fourth-order valence-electron chi connectivity index (χ4n) is 3.55. The van der Waals surface area contributed by atoms with E-state index in [0.717, 1.165) is 40.3 Å². The lowest BCUT2D eigenvalue weighted by atomic mass is 9.83. The normalized spacial score (nSPS) is 15.2. The van der Waals surface area contributed by atoms with Crippen LogP contribution < -0.4 is 19.9 Å². The summed E-state index contributed by atoms with van der Waals surface area (Å²) in [5, 5.41) is 17.2. The highest BCUT2D eigenvalue weighted by atomic mass is 16.5. The predicted octanol–water partition coefficient (Wildman–Crippen LogP) is 4.09. The summed E-state index contributed by atoms with van der Waals surface area (Å²) in [6.07, 6.45) is 0.932. The van der Waals surface area contributed by atoms with Gasteiger partial charge in [-0.2, -0.15) is 5.26 Å². The molecule has 0 fully saturated rings. The predicted molar refractivity (Wildman–Crippen MR) is 112 cm³/mol. The highest BCUT2D eigenvalue weighted by molar-refractivity contribution is 5.71. The Morgan fingerprint density at radius 2 is 2.00 bits per heavy atom. The molecular formula is C23H22N4O3. The number of ether oxygens (including phenoxy) is 3. The van der Waals surface area contributed by atoms with Crippen molar-refractivity contribution >= 4 is 0 Å². The van der Waals surface area contributed by atoms with E-state index in [2.05, 4.69) is 23.2 Å². The van der Waals surface area contributed by atoms with Gasteiger partial charge in [0.25, 0.3) is 0 Å². The minimum Gasteiger partial charge on any atom is -0.497 e. The van der Waals surface area contributed by atoms with Gasteiger partial charge < -0.3 is 19.9 Å². The van der Waals surface area contributed by atoms with Gasteiger partial charge in [-0.05, 0) is 36.2 Å². The molecule has 1 atom stereocenters. The fourth-order valence-corrected chi connectivity index (χ4v) is 3.55. The van der Waals surface area contributed by atoms with Gasteiger partial charge in [0.1, 0.15) is 23.1 Å². The third-order valence-electron chi connectivity index (χ3n) is 4.98. The van der Waals surface area contributed by atoms with Gasteiger partial charge >= 0.3 is 0 Å². The van der Waals surface area contributed by atoms with E-state index in [1.807, 2.05) is 48.5 Å². The molecule has 1 aliphatic rings. The first-order chi connectivity index (χ1) is 14.7. The maximum absolute atomic E-state index is 9.83. The minimum atomic E-state index is -0.418. The molecule has 152 valence electrons. The van der Waals surface area contributed by atoms with Crippen LogP contribution in [0.2, 0.25) is 0 Å². The summed E-state index contributed by atoms with van der Waals surface area (Å²) in [4.78, 5) is 0. The van der Waals surface area contributed by atoms with Crippen LogP contribution in [0.15, 0.2) is 60.0 Å². The van der Waals surface area contributed by atoms with Crippen molar-refractivity contribution in [1.29, 1.82) is 5.26 Å². The van der Waals surface area contributed by atoms with E-state index < -0.39 is 5.92 Å². The molecule has 4 rings (SSSR count). The van der Waals surface area contributed by atoms with Gasteiger partial charge in [-0.3, -0.25) is 5.10 Å². The number of nitrogens with two attached hydrogens (primary N) is 1. The number of aromatic amines is 1. The molecule has 0 spiro atoms. The largest absolute Gasteiger partial charge is 0.497 e. The SMILES string of the molecule is CCCOc1ccc([C@@H]2C(C#N)=C(N)Oc3n[nH]c(-c4cccc(OC)c4)c32)cc1. The minimum absolute atomic E-state index is 0.0602. The number of allylic oxidation sites excluding steroid dienone is 1. The monoisotopic (exact) mass is 402 g/mol. The number of hydrogen-bond donors (Lipinski definition) is 2. The van der Waals surface area contributed by atoms with E-state index in [4.69, 9.17) is 19.9 Å². The van der Waals surface area contributed by atoms with Gasteiger partial charge in [0.2, 0.25) is 11.8 Å². The number of aromatic nitrogens is 2. The first-order valence-corrected chi connectivity index (χ1v) is 9.69. The molecule has 30 heavy (non-hydrogen) atoms. The zero-order valence-electron chi connectivity index (χ0n) is 16.8. The molecule has 7 heteroatoms. The molecule has 0 unspecified atom stereocenters. The molecule has 0 saturated heterocycles. The number of methoxy groups -OCH3 is 1. The van der Waals surface area contributed by atoms with Crippen LogP contribution in [0.4, 0.5) is 0 Å². The topological polar surface area (TPSA) is 106 Å². The molecule has 2 heterocycles. The highest BCUT2D eigenvalue weighted by Gasteiger charge is 2.35. The van der Waals surface area contributed by atoms with Crippen molar-refractivity contribution < 1.29 is 14.2 Å². The molecule has 0 radical (unpaired) electrons. The maximum atomic E-state index is 9.83. The summed E-state index contributed by atoms with van der Waals surface area (Å²) in [7, 11) is 1.62. The molecular weight excluding hydrogens is 380 g/mol. The van der Waals surface area contributed by atoms with Crippen molar-refractivity contribution in [3.05, 3.63) is 71.1 Å². The molecule has 0 aliphatic carbocycles. The maximum Gasteiger partial charge on any atom is 0.244 e. The first-order valence-electron chi connectivity index (χ1n) is 9.69. The quantitative estimate of drug-likeness (QED) is 0.643. The summed E-state index contributed by atoms with van der Waals surface area (Å²) >= 11 is 0. The molecule has 1 aliphatic heterocycles. The Bertz CT molecular complexity index is 1130. The Kier molecular flexibility index (Phi) is 5.31. The van der Waals surface area contributed by atoms with Crippen LogP contribution in [-0.4, -0.2) is 23.9 Å². The number of nitriles is 1. The number of benzene rings is 2. The molecule has 1 aromatic heterocycles. The number of nitrogens with one attached hydrogen (secondary N) is 1. The van der Waals surface area contributed by atoms with E-state index in [0.29, 0.717) is 18.1 Å². The van der Waals surface area contributed by atoms with E-state index in [1.54, 1.807) is 7.11 Å². The Labute approximate surface area is 174 Å². The number of fused-ring (bicyclic) bond motifs is 1. The van der Waals surface area contributed by atoms with Gasteiger partial charge in [0.05, 0.1) is 30.9 Å². The lowest BCUT2D eigenvalue weighted by Crippen LogP contribution is -2.21. The summed E-state index contributed by atoms with van der Waals surface area (Å²) in [5.74, 6) is 1.50. The van der Waals surface area contributed by atoms with Gasteiger partial charge in [0, 0.05) is 5.56 Å². The van der Waals surface area contributed by atoms with Gasteiger partial charge in [0.15, 0.2) is 0 Å². The standard InChI is InChI=1S/C23H22N4O3/c1-3-11-29-16-9-7-14(8-10-16)19-18(13-24)22(25)30-23-20(19)21(26-27-23)15-5-4-6-17(12-15)28-2/h4-10,12,19H,3,11,25H2,1-2H3,(H,26,27)/t19-/m1/s1.